The van der Waals surface area contributed by atoms with E-state index in [1.807, 2.05) is 0 Å². The number of hydrogen-bond acceptors (Lipinski definition) is 4. The molecule has 5 heteroatoms. The molecule has 0 saturated carbocycles. The lowest BCUT2D eigenvalue weighted by Crippen LogP contribution is -2.14. The van der Waals surface area contributed by atoms with Gasteiger partial charge in [0, 0.05) is 6.42 Å². The minimum absolute atomic E-state index is 0.189. The molecule has 1 N–H and O–H groups in total. The fraction of sp³-hybridized carbons (Fsp3) is 0.333. The quantitative estimate of drug-likeness (QED) is 0.703. The lowest BCUT2D eigenvalue weighted by atomic mass is 10.2. The van der Waals surface area contributed by atoms with E-state index in [4.69, 9.17) is 16.3 Å². The number of aliphatic hydroxyl groups excluding tert-OH is 1. The number of ether oxygens (including phenoxy) is 1. The van der Waals surface area contributed by atoms with Crippen LogP contribution in [-0.4, -0.2) is 29.1 Å². The Hall–Kier alpha value is -1.13. The molecule has 1 aliphatic carbocycles. The molecule has 0 aromatic carbocycles. The van der Waals surface area contributed by atoms with Crippen LogP contribution in [0.15, 0.2) is 6.07 Å². The summed E-state index contributed by atoms with van der Waals surface area (Å²) in [5, 5.41) is 9.62. The van der Waals surface area contributed by atoms with Gasteiger partial charge >= 0.3 is 0 Å². The lowest BCUT2D eigenvalue weighted by molar-refractivity contribution is 0.0777. The van der Waals surface area contributed by atoms with Crippen molar-refractivity contribution in [1.29, 1.82) is 0 Å². The maximum atomic E-state index is 11.5. The van der Waals surface area contributed by atoms with Crippen molar-refractivity contribution in [3.05, 3.63) is 22.3 Å². The van der Waals surface area contributed by atoms with Gasteiger partial charge in [-0.05, 0) is 11.6 Å². The first-order valence-corrected chi connectivity index (χ1v) is 4.47. The highest BCUT2D eigenvalue weighted by molar-refractivity contribution is 6.29. The molecule has 0 saturated heterocycles. The van der Waals surface area contributed by atoms with Crippen LogP contribution in [0.1, 0.15) is 15.9 Å². The maximum Gasteiger partial charge on any atom is 0.225 e. The van der Waals surface area contributed by atoms with Crippen LogP contribution < -0.4 is 4.74 Å². The fourth-order valence-electron chi connectivity index (χ4n) is 1.58. The Balaban J connectivity index is 2.62. The molecule has 1 atom stereocenters. The second kappa shape index (κ2) is 3.22. The standard InChI is InChI=1S/C9H8ClNO3/c1-14-9-7-4(3-6(10)11-9)2-5(12)8(7)13/h3,5,12H,2H2,1H3. The smallest absolute Gasteiger partial charge is 0.225 e. The number of pyridine rings is 1. The molecule has 14 heavy (non-hydrogen) atoms. The Bertz CT molecular complexity index is 405. The number of carbonyl (C=O) groups is 1. The van der Waals surface area contributed by atoms with Crippen molar-refractivity contribution in [2.75, 3.05) is 7.11 Å². The van der Waals surface area contributed by atoms with Gasteiger partial charge in [-0.2, -0.15) is 0 Å². The van der Waals surface area contributed by atoms with Crippen molar-refractivity contribution in [2.24, 2.45) is 0 Å². The van der Waals surface area contributed by atoms with Gasteiger partial charge in [0.25, 0.3) is 0 Å². The number of ketones is 1. The summed E-state index contributed by atoms with van der Waals surface area (Å²) in [5.41, 5.74) is 1.05. The SMILES string of the molecule is COc1nc(Cl)cc2c1C(=O)C(O)C2. The van der Waals surface area contributed by atoms with Gasteiger partial charge in [-0.3, -0.25) is 4.79 Å². The molecule has 4 nitrogen and oxygen atoms in total. The Morgan fingerprint density at radius 2 is 2.43 bits per heavy atom. The van der Waals surface area contributed by atoms with Gasteiger partial charge < -0.3 is 9.84 Å². The number of carbonyl (C=O) groups excluding carboxylic acids is 1. The molecular weight excluding hydrogens is 206 g/mol. The van der Waals surface area contributed by atoms with Crippen molar-refractivity contribution in [3.63, 3.8) is 0 Å². The number of fused-ring (bicyclic) bond motifs is 1. The molecule has 2 rings (SSSR count). The molecule has 0 fully saturated rings. The molecule has 1 heterocycles. The Morgan fingerprint density at radius 1 is 1.71 bits per heavy atom. The van der Waals surface area contributed by atoms with E-state index in [1.54, 1.807) is 6.07 Å². The number of Topliss-reactive ketones (excluding diaryl/α,β-unsaturated/α-hetero) is 1. The lowest BCUT2D eigenvalue weighted by Gasteiger charge is -2.04. The van der Waals surface area contributed by atoms with Crippen LogP contribution in [0.25, 0.3) is 0 Å². The normalized spacial score (nSPS) is 19.6. The summed E-state index contributed by atoms with van der Waals surface area (Å²) >= 11 is 5.72. The third kappa shape index (κ3) is 1.27. The molecule has 0 amide bonds. The van der Waals surface area contributed by atoms with E-state index in [-0.39, 0.29) is 23.2 Å². The summed E-state index contributed by atoms with van der Waals surface area (Å²) in [6, 6.07) is 1.58. The zero-order valence-corrected chi connectivity index (χ0v) is 8.21. The van der Waals surface area contributed by atoms with Crippen LogP contribution in [0.3, 0.4) is 0 Å². The van der Waals surface area contributed by atoms with Crippen molar-refractivity contribution < 1.29 is 14.6 Å². The number of halogens is 1. The third-order valence-corrected chi connectivity index (χ3v) is 2.39. The summed E-state index contributed by atoms with van der Waals surface area (Å²) in [5.74, 6) is -0.157. The fourth-order valence-corrected chi connectivity index (χ4v) is 1.79. The largest absolute Gasteiger partial charge is 0.480 e. The Morgan fingerprint density at radius 3 is 3.07 bits per heavy atom. The highest BCUT2D eigenvalue weighted by Gasteiger charge is 2.33. The first kappa shape index (κ1) is 9.43. The van der Waals surface area contributed by atoms with Gasteiger partial charge in [-0.25, -0.2) is 4.98 Å². The third-order valence-electron chi connectivity index (χ3n) is 2.19. The highest BCUT2D eigenvalue weighted by atomic mass is 35.5. The monoisotopic (exact) mass is 213 g/mol. The summed E-state index contributed by atoms with van der Waals surface area (Å²) in [7, 11) is 1.41. The minimum atomic E-state index is -0.987. The molecule has 0 aliphatic heterocycles. The summed E-state index contributed by atoms with van der Waals surface area (Å²) < 4.78 is 4.93. The van der Waals surface area contributed by atoms with Crippen molar-refractivity contribution in [3.8, 4) is 5.88 Å². The van der Waals surface area contributed by atoms with Crippen molar-refractivity contribution in [2.45, 2.75) is 12.5 Å². The van der Waals surface area contributed by atoms with Gasteiger partial charge in [0.2, 0.25) is 5.88 Å². The van der Waals surface area contributed by atoms with Crippen LogP contribution in [0.4, 0.5) is 0 Å². The average molecular weight is 214 g/mol. The van der Waals surface area contributed by atoms with E-state index in [2.05, 4.69) is 4.98 Å². The molecular formula is C9H8ClNO3. The number of methoxy groups -OCH3 is 1. The predicted molar refractivity (Wildman–Crippen MR) is 49.8 cm³/mol. The molecule has 1 aliphatic rings. The maximum absolute atomic E-state index is 11.5. The van der Waals surface area contributed by atoms with Crippen LogP contribution in [0, 0.1) is 0 Å². The zero-order valence-electron chi connectivity index (χ0n) is 7.45. The minimum Gasteiger partial charge on any atom is -0.480 e. The second-order valence-electron chi connectivity index (χ2n) is 3.07. The molecule has 1 aromatic heterocycles. The molecule has 74 valence electrons. The van der Waals surface area contributed by atoms with Gasteiger partial charge in [0.05, 0.1) is 12.7 Å². The summed E-state index contributed by atoms with van der Waals surface area (Å²) in [4.78, 5) is 15.3. The van der Waals surface area contributed by atoms with Gasteiger partial charge in [0.15, 0.2) is 5.78 Å². The molecule has 0 spiro atoms. The molecule has 0 bridgehead atoms. The number of rotatable bonds is 1. The van der Waals surface area contributed by atoms with E-state index in [9.17, 15) is 9.90 Å². The predicted octanol–water partition coefficient (Wildman–Crippen LogP) is 0.843. The Kier molecular flexibility index (Phi) is 2.17. The zero-order chi connectivity index (χ0) is 10.3. The van der Waals surface area contributed by atoms with Gasteiger partial charge in [-0.1, -0.05) is 11.6 Å². The topological polar surface area (TPSA) is 59.4 Å². The van der Waals surface area contributed by atoms with Crippen LogP contribution in [0.2, 0.25) is 5.15 Å². The summed E-state index contributed by atoms with van der Waals surface area (Å²) in [6.45, 7) is 0. The van der Waals surface area contributed by atoms with Crippen molar-refractivity contribution >= 4 is 17.4 Å². The van der Waals surface area contributed by atoms with E-state index < -0.39 is 6.10 Å². The van der Waals surface area contributed by atoms with E-state index in [0.717, 1.165) is 0 Å². The molecule has 1 aromatic rings. The number of nitrogens with zero attached hydrogens (tertiary/aromatic N) is 1. The van der Waals surface area contributed by atoms with E-state index >= 15 is 0 Å². The Labute approximate surface area is 85.5 Å². The van der Waals surface area contributed by atoms with Crippen LogP contribution in [-0.2, 0) is 6.42 Å². The van der Waals surface area contributed by atoms with Gasteiger partial charge in [-0.15, -0.1) is 0 Å². The number of aliphatic hydroxyl groups is 1. The second-order valence-corrected chi connectivity index (χ2v) is 3.46. The molecule has 1 unspecified atom stereocenters. The highest BCUT2D eigenvalue weighted by Crippen LogP contribution is 2.31. The number of hydrogen-bond donors (Lipinski definition) is 1. The van der Waals surface area contributed by atoms with Gasteiger partial charge in [0.1, 0.15) is 11.3 Å². The first-order valence-electron chi connectivity index (χ1n) is 4.09. The molecule has 0 radical (unpaired) electrons. The van der Waals surface area contributed by atoms with E-state index in [0.29, 0.717) is 11.1 Å². The summed E-state index contributed by atoms with van der Waals surface area (Å²) in [6.07, 6.45) is -0.702. The van der Waals surface area contributed by atoms with Crippen molar-refractivity contribution in [1.82, 2.24) is 4.98 Å². The van der Waals surface area contributed by atoms with E-state index in [1.165, 1.54) is 7.11 Å². The number of aromatic nitrogens is 1. The van der Waals surface area contributed by atoms with Crippen LogP contribution >= 0.6 is 11.6 Å². The average Bonchev–Trinajstić information content (AvgIpc) is 2.41. The first-order chi connectivity index (χ1) is 6.63. The van der Waals surface area contributed by atoms with Crippen LogP contribution in [0.5, 0.6) is 5.88 Å².